The van der Waals surface area contributed by atoms with Crippen molar-refractivity contribution in [3.63, 3.8) is 0 Å². The van der Waals surface area contributed by atoms with Crippen molar-refractivity contribution in [3.05, 3.63) is 34.2 Å². The van der Waals surface area contributed by atoms with Crippen LogP contribution in [0.1, 0.15) is 29.2 Å². The molecule has 1 aliphatic rings. The third-order valence-corrected chi connectivity index (χ3v) is 4.20. The van der Waals surface area contributed by atoms with Gasteiger partial charge in [-0.1, -0.05) is 0 Å². The number of amides is 1. The number of piperidine rings is 1. The quantitative estimate of drug-likeness (QED) is 0.627. The van der Waals surface area contributed by atoms with Crippen LogP contribution in [0.4, 0.5) is 0 Å². The third kappa shape index (κ3) is 2.43. The maximum absolute atomic E-state index is 12.2. The molecule has 0 saturated carbocycles. The molecule has 1 saturated heterocycles. The number of imidazole rings is 1. The molecule has 2 N–H and O–H groups in total. The Balaban J connectivity index is 1.97. The van der Waals surface area contributed by atoms with Crippen molar-refractivity contribution in [3.8, 4) is 0 Å². The molecule has 3 rings (SSSR count). The number of nitrogens with zero attached hydrogens (tertiary/aromatic N) is 2. The second-order valence-electron chi connectivity index (χ2n) is 5.49. The summed E-state index contributed by atoms with van der Waals surface area (Å²) >= 11 is 0. The van der Waals surface area contributed by atoms with Crippen LogP contribution in [0.5, 0.6) is 0 Å². The first-order valence-electron chi connectivity index (χ1n) is 7.21. The van der Waals surface area contributed by atoms with Crippen molar-refractivity contribution in [2.45, 2.75) is 18.9 Å². The van der Waals surface area contributed by atoms with Gasteiger partial charge in [0.2, 0.25) is 6.41 Å². The number of H-pyrrole nitrogens is 1. The number of likely N-dealkylation sites (tertiary alicyclic amines) is 1. The first-order valence-corrected chi connectivity index (χ1v) is 7.21. The molecule has 7 nitrogen and oxygen atoms in total. The fourth-order valence-corrected chi connectivity index (χ4v) is 3.01. The number of aliphatic hydroxyl groups is 1. The zero-order valence-electron chi connectivity index (χ0n) is 12.0. The number of hydrogen-bond acceptors (Lipinski definition) is 4. The standard InChI is InChI=1S/C15H17N3O4/c19-8-14(21)10-1-2-13-12(7-10)16-15(22)18(13)11-3-5-17(9-20)6-4-11/h1-2,7,9,11,19H,3-6,8H2,(H,16,22). The van der Waals surface area contributed by atoms with E-state index in [1.54, 1.807) is 27.7 Å². The van der Waals surface area contributed by atoms with E-state index < -0.39 is 6.61 Å². The average Bonchev–Trinajstić information content (AvgIpc) is 2.89. The summed E-state index contributed by atoms with van der Waals surface area (Å²) in [6.45, 7) is 0.712. The van der Waals surface area contributed by atoms with Gasteiger partial charge in [-0.3, -0.25) is 14.2 Å². The predicted molar refractivity (Wildman–Crippen MR) is 79.9 cm³/mol. The van der Waals surface area contributed by atoms with E-state index in [0.29, 0.717) is 24.2 Å². The number of Topliss-reactive ketones (excluding diaryl/α,β-unsaturated/α-hetero) is 1. The molecule has 1 aliphatic heterocycles. The highest BCUT2D eigenvalue weighted by Gasteiger charge is 2.23. The van der Waals surface area contributed by atoms with Gasteiger partial charge in [0.05, 0.1) is 11.0 Å². The topological polar surface area (TPSA) is 95.4 Å². The van der Waals surface area contributed by atoms with Gasteiger partial charge in [0.15, 0.2) is 5.78 Å². The number of carbonyl (C=O) groups excluding carboxylic acids is 2. The maximum Gasteiger partial charge on any atom is 0.326 e. The summed E-state index contributed by atoms with van der Waals surface area (Å²) in [5.41, 5.74) is 1.48. The average molecular weight is 303 g/mol. The van der Waals surface area contributed by atoms with Crippen LogP contribution in [0.25, 0.3) is 11.0 Å². The first kappa shape index (κ1) is 14.5. The number of fused-ring (bicyclic) bond motifs is 1. The van der Waals surface area contributed by atoms with Crippen LogP contribution in [-0.2, 0) is 4.79 Å². The normalized spacial score (nSPS) is 16.1. The molecule has 0 radical (unpaired) electrons. The van der Waals surface area contributed by atoms with Crippen LogP contribution < -0.4 is 5.69 Å². The minimum atomic E-state index is -0.555. The number of aromatic nitrogens is 2. The highest BCUT2D eigenvalue weighted by atomic mass is 16.3. The van der Waals surface area contributed by atoms with Gasteiger partial charge in [0, 0.05) is 24.7 Å². The zero-order chi connectivity index (χ0) is 15.7. The summed E-state index contributed by atoms with van der Waals surface area (Å²) in [5.74, 6) is -0.380. The van der Waals surface area contributed by atoms with E-state index in [9.17, 15) is 14.4 Å². The summed E-state index contributed by atoms with van der Waals surface area (Å²) in [5, 5.41) is 8.91. The molecule has 0 spiro atoms. The Bertz CT molecular complexity index is 769. The molecule has 116 valence electrons. The highest BCUT2D eigenvalue weighted by Crippen LogP contribution is 2.24. The highest BCUT2D eigenvalue weighted by molar-refractivity contribution is 5.99. The van der Waals surface area contributed by atoms with Crippen LogP contribution in [-0.4, -0.2) is 51.4 Å². The largest absolute Gasteiger partial charge is 0.388 e. The number of rotatable bonds is 4. The summed E-state index contributed by atoms with van der Waals surface area (Å²) in [4.78, 5) is 39.0. The number of hydrogen-bond donors (Lipinski definition) is 2. The van der Waals surface area contributed by atoms with E-state index in [0.717, 1.165) is 24.8 Å². The van der Waals surface area contributed by atoms with Gasteiger partial charge in [-0.05, 0) is 31.0 Å². The number of aromatic amines is 1. The second-order valence-corrected chi connectivity index (χ2v) is 5.49. The lowest BCUT2D eigenvalue weighted by Gasteiger charge is -2.29. The van der Waals surface area contributed by atoms with Gasteiger partial charge in [-0.25, -0.2) is 4.79 Å². The van der Waals surface area contributed by atoms with Crippen LogP contribution in [0.15, 0.2) is 23.0 Å². The van der Waals surface area contributed by atoms with E-state index in [1.807, 2.05) is 0 Å². The Kier molecular flexibility index (Phi) is 3.81. The van der Waals surface area contributed by atoms with Crippen molar-refractivity contribution in [2.75, 3.05) is 19.7 Å². The number of aliphatic hydroxyl groups excluding tert-OH is 1. The van der Waals surface area contributed by atoms with Crippen molar-refractivity contribution in [1.29, 1.82) is 0 Å². The maximum atomic E-state index is 12.2. The van der Waals surface area contributed by atoms with Gasteiger partial charge < -0.3 is 15.0 Å². The van der Waals surface area contributed by atoms with Gasteiger partial charge in [-0.2, -0.15) is 0 Å². The minimum absolute atomic E-state index is 0.0387. The number of benzene rings is 1. The van der Waals surface area contributed by atoms with Gasteiger partial charge in [-0.15, -0.1) is 0 Å². The molecule has 2 heterocycles. The van der Waals surface area contributed by atoms with Gasteiger partial charge in [0.1, 0.15) is 6.61 Å². The number of ketones is 1. The Hall–Kier alpha value is -2.41. The monoisotopic (exact) mass is 303 g/mol. The fraction of sp³-hybridized carbons (Fsp3) is 0.400. The third-order valence-electron chi connectivity index (χ3n) is 4.20. The van der Waals surface area contributed by atoms with Crippen molar-refractivity contribution in [2.24, 2.45) is 0 Å². The van der Waals surface area contributed by atoms with Crippen molar-refractivity contribution >= 4 is 23.2 Å². The molecule has 0 bridgehead atoms. The molecule has 7 heteroatoms. The molecule has 0 aliphatic carbocycles. The molecule has 2 aromatic rings. The Morgan fingerprint density at radius 1 is 1.36 bits per heavy atom. The van der Waals surface area contributed by atoms with E-state index in [4.69, 9.17) is 5.11 Å². The molecule has 1 fully saturated rings. The predicted octanol–water partition coefficient (Wildman–Crippen LogP) is 0.298. The SMILES string of the molecule is O=CN1CCC(n2c(=O)[nH]c3cc(C(=O)CO)ccc32)CC1. The van der Waals surface area contributed by atoms with E-state index >= 15 is 0 Å². The molecule has 22 heavy (non-hydrogen) atoms. The lowest BCUT2D eigenvalue weighted by atomic mass is 10.0. The molecule has 0 atom stereocenters. The van der Waals surface area contributed by atoms with Crippen LogP contribution in [0.2, 0.25) is 0 Å². The van der Waals surface area contributed by atoms with Crippen molar-refractivity contribution in [1.82, 2.24) is 14.5 Å². The summed E-state index contributed by atoms with van der Waals surface area (Å²) < 4.78 is 1.70. The lowest BCUT2D eigenvalue weighted by molar-refractivity contribution is -0.119. The molecular weight excluding hydrogens is 286 g/mol. The van der Waals surface area contributed by atoms with Crippen molar-refractivity contribution < 1.29 is 14.7 Å². The minimum Gasteiger partial charge on any atom is -0.388 e. The summed E-state index contributed by atoms with van der Waals surface area (Å²) in [6, 6.07) is 4.97. The molecule has 1 aromatic heterocycles. The van der Waals surface area contributed by atoms with E-state index in [2.05, 4.69) is 4.98 Å². The van der Waals surface area contributed by atoms with Gasteiger partial charge >= 0.3 is 5.69 Å². The van der Waals surface area contributed by atoms with E-state index in [-0.39, 0.29) is 17.5 Å². The molecule has 1 amide bonds. The first-order chi connectivity index (χ1) is 10.6. The van der Waals surface area contributed by atoms with Crippen LogP contribution in [0.3, 0.4) is 0 Å². The second kappa shape index (κ2) is 5.76. The molecule has 0 unspecified atom stereocenters. The van der Waals surface area contributed by atoms with Gasteiger partial charge in [0.25, 0.3) is 0 Å². The molecule has 1 aromatic carbocycles. The Morgan fingerprint density at radius 3 is 2.73 bits per heavy atom. The lowest BCUT2D eigenvalue weighted by Crippen LogP contribution is -2.36. The summed E-state index contributed by atoms with van der Waals surface area (Å²) in [7, 11) is 0. The number of carbonyl (C=O) groups is 2. The number of nitrogens with one attached hydrogen (secondary N) is 1. The molecular formula is C15H17N3O4. The zero-order valence-corrected chi connectivity index (χ0v) is 12.0. The fourth-order valence-electron chi connectivity index (χ4n) is 3.01. The Morgan fingerprint density at radius 2 is 2.09 bits per heavy atom. The van der Waals surface area contributed by atoms with Crippen LogP contribution >= 0.6 is 0 Å². The van der Waals surface area contributed by atoms with Crippen LogP contribution in [0, 0.1) is 0 Å². The Labute approximate surface area is 126 Å². The smallest absolute Gasteiger partial charge is 0.326 e. The van der Waals surface area contributed by atoms with E-state index in [1.165, 1.54) is 0 Å². The summed E-state index contributed by atoms with van der Waals surface area (Å²) in [6.07, 6.45) is 2.28.